The molecular formula is C16H13ClN2O2. The zero-order valence-electron chi connectivity index (χ0n) is 11.1. The minimum Gasteiger partial charge on any atom is -0.476 e. The third-order valence-corrected chi connectivity index (χ3v) is 3.55. The Morgan fingerprint density at radius 3 is 2.62 bits per heavy atom. The van der Waals surface area contributed by atoms with Crippen molar-refractivity contribution in [2.75, 3.05) is 5.32 Å². The molecule has 1 aromatic carbocycles. The quantitative estimate of drug-likeness (QED) is 0.768. The van der Waals surface area contributed by atoms with Crippen LogP contribution < -0.4 is 5.32 Å². The highest BCUT2D eigenvalue weighted by Crippen LogP contribution is 2.20. The number of aromatic nitrogens is 1. The van der Waals surface area contributed by atoms with Crippen molar-refractivity contribution in [2.24, 2.45) is 0 Å². The first-order chi connectivity index (χ1) is 10.1. The van der Waals surface area contributed by atoms with Gasteiger partial charge in [-0.15, -0.1) is 0 Å². The van der Waals surface area contributed by atoms with Gasteiger partial charge in [-0.2, -0.15) is 0 Å². The van der Waals surface area contributed by atoms with Gasteiger partial charge in [0.25, 0.3) is 0 Å². The molecule has 0 aliphatic carbocycles. The van der Waals surface area contributed by atoms with Gasteiger partial charge in [-0.25, -0.2) is 4.79 Å². The maximum absolute atomic E-state index is 11.5. The van der Waals surface area contributed by atoms with Crippen LogP contribution in [-0.2, 0) is 6.54 Å². The molecule has 4 nitrogen and oxygen atoms in total. The van der Waals surface area contributed by atoms with E-state index in [4.69, 9.17) is 11.6 Å². The van der Waals surface area contributed by atoms with Crippen molar-refractivity contribution in [3.8, 4) is 0 Å². The molecule has 0 saturated heterocycles. The number of carbonyl (C=O) groups is 1. The number of benzene rings is 1. The number of carboxylic acid groups (broad SMARTS) is 1. The minimum absolute atomic E-state index is 0.228. The number of hydrogen-bond donors (Lipinski definition) is 2. The van der Waals surface area contributed by atoms with Gasteiger partial charge in [0.1, 0.15) is 0 Å². The lowest BCUT2D eigenvalue weighted by Crippen LogP contribution is -2.11. The number of rotatable bonds is 4. The highest BCUT2D eigenvalue weighted by atomic mass is 35.5. The number of hydrogen-bond acceptors (Lipinski definition) is 2. The van der Waals surface area contributed by atoms with Crippen molar-refractivity contribution in [1.29, 1.82) is 0 Å². The first kappa shape index (κ1) is 13.5. The summed E-state index contributed by atoms with van der Waals surface area (Å²) in [6.07, 6.45) is 1.74. The van der Waals surface area contributed by atoms with Crippen molar-refractivity contribution in [3.05, 3.63) is 71.0 Å². The SMILES string of the molecule is O=C(O)c1c(NCc2ccc(Cl)cc2)ccc2cccn12. The van der Waals surface area contributed by atoms with Gasteiger partial charge in [0.15, 0.2) is 5.69 Å². The van der Waals surface area contributed by atoms with Crippen LogP contribution in [0.25, 0.3) is 5.52 Å². The van der Waals surface area contributed by atoms with Crippen LogP contribution in [0.4, 0.5) is 5.69 Å². The summed E-state index contributed by atoms with van der Waals surface area (Å²) in [4.78, 5) is 11.5. The van der Waals surface area contributed by atoms with Gasteiger partial charge < -0.3 is 14.8 Å². The van der Waals surface area contributed by atoms with Gasteiger partial charge in [-0.1, -0.05) is 23.7 Å². The van der Waals surface area contributed by atoms with E-state index in [9.17, 15) is 9.90 Å². The average Bonchev–Trinajstić information content (AvgIpc) is 2.94. The molecule has 0 amide bonds. The molecule has 2 aromatic heterocycles. The van der Waals surface area contributed by atoms with Gasteiger partial charge in [0.2, 0.25) is 0 Å². The molecule has 21 heavy (non-hydrogen) atoms. The zero-order valence-corrected chi connectivity index (χ0v) is 11.8. The number of pyridine rings is 1. The molecule has 106 valence electrons. The molecule has 2 N–H and O–H groups in total. The molecule has 0 aliphatic heterocycles. The van der Waals surface area contributed by atoms with E-state index in [2.05, 4.69) is 5.32 Å². The van der Waals surface area contributed by atoms with Crippen LogP contribution in [0.3, 0.4) is 0 Å². The maximum Gasteiger partial charge on any atom is 0.355 e. The molecule has 0 fully saturated rings. The monoisotopic (exact) mass is 300 g/mol. The molecule has 2 heterocycles. The summed E-state index contributed by atoms with van der Waals surface area (Å²) in [6, 6.07) is 14.8. The number of carboxylic acids is 1. The third-order valence-electron chi connectivity index (χ3n) is 3.30. The number of fused-ring (bicyclic) bond motifs is 1. The molecular weight excluding hydrogens is 288 g/mol. The van der Waals surface area contributed by atoms with Crippen molar-refractivity contribution >= 4 is 28.8 Å². The average molecular weight is 301 g/mol. The number of nitrogens with zero attached hydrogens (tertiary/aromatic N) is 1. The van der Waals surface area contributed by atoms with Crippen molar-refractivity contribution in [1.82, 2.24) is 4.40 Å². The van der Waals surface area contributed by atoms with Crippen LogP contribution in [0.2, 0.25) is 5.02 Å². The Morgan fingerprint density at radius 1 is 1.14 bits per heavy atom. The largest absolute Gasteiger partial charge is 0.476 e. The van der Waals surface area contributed by atoms with E-state index in [0.29, 0.717) is 17.3 Å². The van der Waals surface area contributed by atoms with E-state index in [1.807, 2.05) is 42.5 Å². The van der Waals surface area contributed by atoms with Crippen LogP contribution in [-0.4, -0.2) is 15.5 Å². The summed E-state index contributed by atoms with van der Waals surface area (Å²) in [5.41, 5.74) is 2.69. The van der Waals surface area contributed by atoms with E-state index in [1.54, 1.807) is 16.7 Å². The van der Waals surface area contributed by atoms with Crippen LogP contribution in [0.1, 0.15) is 16.1 Å². The molecule has 0 unspecified atom stereocenters. The fourth-order valence-electron chi connectivity index (χ4n) is 2.27. The Labute approximate surface area is 126 Å². The fraction of sp³-hybridized carbons (Fsp3) is 0.0625. The summed E-state index contributed by atoms with van der Waals surface area (Å²) >= 11 is 5.85. The Kier molecular flexibility index (Phi) is 3.54. The summed E-state index contributed by atoms with van der Waals surface area (Å²) in [6.45, 7) is 0.532. The lowest BCUT2D eigenvalue weighted by molar-refractivity contribution is 0.0690. The Morgan fingerprint density at radius 2 is 1.90 bits per heavy atom. The van der Waals surface area contributed by atoms with Crippen LogP contribution in [0.5, 0.6) is 0 Å². The predicted molar refractivity (Wildman–Crippen MR) is 83.1 cm³/mol. The maximum atomic E-state index is 11.5. The van der Waals surface area contributed by atoms with Crippen LogP contribution in [0.15, 0.2) is 54.7 Å². The Hall–Kier alpha value is -2.46. The molecule has 0 radical (unpaired) electrons. The molecule has 3 rings (SSSR count). The number of halogens is 1. The van der Waals surface area contributed by atoms with E-state index in [0.717, 1.165) is 11.1 Å². The molecule has 0 aliphatic rings. The topological polar surface area (TPSA) is 53.7 Å². The first-order valence-electron chi connectivity index (χ1n) is 6.47. The van der Waals surface area contributed by atoms with Gasteiger partial charge in [-0.3, -0.25) is 0 Å². The summed E-state index contributed by atoms with van der Waals surface area (Å²) in [5.74, 6) is -0.963. The second-order valence-corrected chi connectivity index (χ2v) is 5.12. The summed E-state index contributed by atoms with van der Waals surface area (Å²) in [7, 11) is 0. The third kappa shape index (κ3) is 2.71. The van der Waals surface area contributed by atoms with Gasteiger partial charge in [0, 0.05) is 23.3 Å². The van der Waals surface area contributed by atoms with E-state index < -0.39 is 5.97 Å². The van der Waals surface area contributed by atoms with E-state index >= 15 is 0 Å². The molecule has 5 heteroatoms. The second kappa shape index (κ2) is 5.50. The Balaban J connectivity index is 1.91. The van der Waals surface area contributed by atoms with Gasteiger partial charge in [0.05, 0.1) is 5.69 Å². The highest BCUT2D eigenvalue weighted by molar-refractivity contribution is 6.30. The summed E-state index contributed by atoms with van der Waals surface area (Å²) < 4.78 is 1.66. The van der Waals surface area contributed by atoms with E-state index in [1.165, 1.54) is 0 Å². The zero-order chi connectivity index (χ0) is 14.8. The lowest BCUT2D eigenvalue weighted by Gasteiger charge is -2.12. The van der Waals surface area contributed by atoms with Crippen molar-refractivity contribution < 1.29 is 9.90 Å². The van der Waals surface area contributed by atoms with Crippen molar-refractivity contribution in [3.63, 3.8) is 0 Å². The van der Waals surface area contributed by atoms with Crippen LogP contribution in [0, 0.1) is 0 Å². The molecule has 3 aromatic rings. The molecule has 0 saturated carbocycles. The number of anilines is 1. The van der Waals surface area contributed by atoms with Crippen LogP contribution >= 0.6 is 11.6 Å². The normalized spacial score (nSPS) is 10.7. The minimum atomic E-state index is -0.963. The predicted octanol–water partition coefficient (Wildman–Crippen LogP) is 3.90. The molecule has 0 spiro atoms. The fourth-order valence-corrected chi connectivity index (χ4v) is 2.40. The smallest absolute Gasteiger partial charge is 0.355 e. The van der Waals surface area contributed by atoms with Gasteiger partial charge in [-0.05, 0) is 42.0 Å². The lowest BCUT2D eigenvalue weighted by atomic mass is 10.2. The number of nitrogens with one attached hydrogen (secondary N) is 1. The standard InChI is InChI=1S/C16H13ClN2O2/c17-12-5-3-11(4-6-12)10-18-14-8-7-13-2-1-9-19(13)15(14)16(20)21/h1-9,18H,10H2,(H,20,21). The first-order valence-corrected chi connectivity index (χ1v) is 6.84. The molecule has 0 bridgehead atoms. The highest BCUT2D eigenvalue weighted by Gasteiger charge is 2.14. The van der Waals surface area contributed by atoms with E-state index in [-0.39, 0.29) is 5.69 Å². The second-order valence-electron chi connectivity index (χ2n) is 4.68. The van der Waals surface area contributed by atoms with Gasteiger partial charge >= 0.3 is 5.97 Å². The van der Waals surface area contributed by atoms with Crippen molar-refractivity contribution in [2.45, 2.75) is 6.54 Å². The molecule has 0 atom stereocenters. The summed E-state index contributed by atoms with van der Waals surface area (Å²) in [5, 5.41) is 13.3. The Bertz CT molecular complexity index is 794. The number of aromatic carboxylic acids is 1.